The summed E-state index contributed by atoms with van der Waals surface area (Å²) in [6.07, 6.45) is 0.787. The second-order valence-electron chi connectivity index (χ2n) is 6.23. The van der Waals surface area contributed by atoms with E-state index in [1.165, 1.54) is 0 Å². The minimum absolute atomic E-state index is 0. The second kappa shape index (κ2) is 9.61. The van der Waals surface area contributed by atoms with Gasteiger partial charge >= 0.3 is 0 Å². The number of guanidine groups is 1. The first-order valence-corrected chi connectivity index (χ1v) is 8.53. The minimum atomic E-state index is 0. The Bertz CT molecular complexity index is 821. The van der Waals surface area contributed by atoms with Crippen LogP contribution in [-0.2, 0) is 13.0 Å². The molecule has 0 radical (unpaired) electrons. The van der Waals surface area contributed by atoms with Crippen molar-refractivity contribution in [3.8, 4) is 0 Å². The molecule has 0 aliphatic heterocycles. The molecule has 140 valence electrons. The Morgan fingerprint density at radius 3 is 2.65 bits per heavy atom. The number of nitrogens with zero attached hydrogens (tertiary/aromatic N) is 2. The number of halogens is 1. The molecule has 0 fully saturated rings. The normalized spacial score (nSPS) is 11.6. The zero-order valence-electron chi connectivity index (χ0n) is 15.3. The van der Waals surface area contributed by atoms with Crippen LogP contribution in [0.3, 0.4) is 0 Å². The van der Waals surface area contributed by atoms with Gasteiger partial charge in [0.25, 0.3) is 0 Å². The monoisotopic (exact) mass is 468 g/mol. The van der Waals surface area contributed by atoms with E-state index in [1.807, 2.05) is 24.3 Å². The molecule has 0 unspecified atom stereocenters. The number of hydrogen-bond acceptors (Lipinski definition) is 4. The molecule has 1 aromatic carbocycles. The van der Waals surface area contributed by atoms with Crippen LogP contribution in [0, 0.1) is 0 Å². The van der Waals surface area contributed by atoms with Crippen LogP contribution < -0.4 is 10.6 Å². The molecule has 2 heterocycles. The first-order chi connectivity index (χ1) is 12.2. The lowest BCUT2D eigenvalue weighted by Crippen LogP contribution is -2.37. The molecule has 26 heavy (non-hydrogen) atoms. The molecule has 0 saturated heterocycles. The van der Waals surface area contributed by atoms with E-state index in [9.17, 15) is 0 Å². The molecule has 7 heteroatoms. The van der Waals surface area contributed by atoms with Crippen molar-refractivity contribution in [2.24, 2.45) is 4.99 Å². The smallest absolute Gasteiger partial charge is 0.191 e. The van der Waals surface area contributed by atoms with Crippen molar-refractivity contribution in [1.29, 1.82) is 0 Å². The highest BCUT2D eigenvalue weighted by Gasteiger charge is 2.08. The van der Waals surface area contributed by atoms with Gasteiger partial charge in [0.05, 0.1) is 12.2 Å². The van der Waals surface area contributed by atoms with Crippen LogP contribution in [0.15, 0.2) is 50.3 Å². The van der Waals surface area contributed by atoms with E-state index in [-0.39, 0.29) is 24.0 Å². The SMILES string of the molecule is CN=C(NCCc1cc2ccccc2o1)NCc1cc(C(C)C)no1.I. The highest BCUT2D eigenvalue weighted by molar-refractivity contribution is 14.0. The summed E-state index contributed by atoms with van der Waals surface area (Å²) in [6.45, 7) is 5.46. The van der Waals surface area contributed by atoms with Crippen LogP contribution in [0.5, 0.6) is 0 Å². The van der Waals surface area contributed by atoms with Crippen molar-refractivity contribution in [3.63, 3.8) is 0 Å². The van der Waals surface area contributed by atoms with Crippen LogP contribution in [-0.4, -0.2) is 24.7 Å². The molecule has 6 nitrogen and oxygen atoms in total. The Kier molecular flexibility index (Phi) is 7.50. The number of para-hydroxylation sites is 1. The predicted octanol–water partition coefficient (Wildman–Crippen LogP) is 4.07. The molecule has 0 aliphatic rings. The Labute approximate surface area is 170 Å². The summed E-state index contributed by atoms with van der Waals surface area (Å²) in [7, 11) is 1.75. The molecule has 3 aromatic rings. The summed E-state index contributed by atoms with van der Waals surface area (Å²) < 4.78 is 11.1. The summed E-state index contributed by atoms with van der Waals surface area (Å²) in [6, 6.07) is 12.1. The van der Waals surface area contributed by atoms with Gasteiger partial charge in [-0.15, -0.1) is 24.0 Å². The van der Waals surface area contributed by atoms with Gasteiger partial charge in [-0.05, 0) is 18.1 Å². The highest BCUT2D eigenvalue weighted by Crippen LogP contribution is 2.18. The standard InChI is InChI=1S/C19H24N4O2.HI/c1-13(2)17-11-16(25-23-17)12-22-19(20-3)21-9-8-15-10-14-6-4-5-7-18(14)24-15;/h4-7,10-11,13H,8-9,12H2,1-3H3,(H2,20,21,22);1H. The number of benzene rings is 1. The van der Waals surface area contributed by atoms with Gasteiger partial charge in [0.15, 0.2) is 11.7 Å². The zero-order chi connectivity index (χ0) is 17.6. The molecule has 0 saturated carbocycles. The van der Waals surface area contributed by atoms with Crippen molar-refractivity contribution < 1.29 is 8.94 Å². The lowest BCUT2D eigenvalue weighted by molar-refractivity contribution is 0.372. The Balaban J connectivity index is 0.00000243. The molecule has 0 aliphatic carbocycles. The van der Waals surface area contributed by atoms with Gasteiger partial charge in [-0.25, -0.2) is 0 Å². The van der Waals surface area contributed by atoms with Gasteiger partial charge in [-0.2, -0.15) is 0 Å². The topological polar surface area (TPSA) is 75.6 Å². The largest absolute Gasteiger partial charge is 0.461 e. The van der Waals surface area contributed by atoms with Crippen LogP contribution >= 0.6 is 24.0 Å². The Morgan fingerprint density at radius 1 is 1.15 bits per heavy atom. The van der Waals surface area contributed by atoms with Gasteiger partial charge in [0, 0.05) is 31.5 Å². The fraction of sp³-hybridized carbons (Fsp3) is 0.368. The molecule has 0 amide bonds. The highest BCUT2D eigenvalue weighted by atomic mass is 127. The van der Waals surface area contributed by atoms with Crippen molar-refractivity contribution in [2.75, 3.05) is 13.6 Å². The summed E-state index contributed by atoms with van der Waals surface area (Å²) in [4.78, 5) is 4.22. The van der Waals surface area contributed by atoms with Crippen LogP contribution in [0.4, 0.5) is 0 Å². The van der Waals surface area contributed by atoms with Crippen molar-refractivity contribution in [1.82, 2.24) is 15.8 Å². The third-order valence-corrected chi connectivity index (χ3v) is 3.96. The van der Waals surface area contributed by atoms with E-state index in [0.29, 0.717) is 12.5 Å². The van der Waals surface area contributed by atoms with E-state index in [2.05, 4.69) is 46.8 Å². The molecule has 2 aromatic heterocycles. The number of fused-ring (bicyclic) bond motifs is 1. The lowest BCUT2D eigenvalue weighted by atomic mass is 10.1. The maximum absolute atomic E-state index is 5.81. The summed E-state index contributed by atoms with van der Waals surface area (Å²) >= 11 is 0. The lowest BCUT2D eigenvalue weighted by Gasteiger charge is -2.09. The number of nitrogens with one attached hydrogen (secondary N) is 2. The third kappa shape index (κ3) is 5.23. The van der Waals surface area contributed by atoms with Gasteiger partial charge in [-0.3, -0.25) is 4.99 Å². The molecule has 0 spiro atoms. The van der Waals surface area contributed by atoms with Crippen molar-refractivity contribution in [2.45, 2.75) is 32.7 Å². The quantitative estimate of drug-likeness (QED) is 0.324. The van der Waals surface area contributed by atoms with Crippen molar-refractivity contribution >= 4 is 40.9 Å². The molecular formula is C19H25IN4O2. The molecule has 3 rings (SSSR count). The van der Waals surface area contributed by atoms with E-state index in [0.717, 1.165) is 47.1 Å². The molecular weight excluding hydrogens is 443 g/mol. The van der Waals surface area contributed by atoms with E-state index in [1.54, 1.807) is 7.05 Å². The summed E-state index contributed by atoms with van der Waals surface area (Å²) in [5.41, 5.74) is 1.89. The van der Waals surface area contributed by atoms with Gasteiger partial charge in [-0.1, -0.05) is 37.2 Å². The number of hydrogen-bond donors (Lipinski definition) is 2. The number of aromatic nitrogens is 1. The maximum atomic E-state index is 5.81. The fourth-order valence-electron chi connectivity index (χ4n) is 2.54. The Morgan fingerprint density at radius 2 is 1.96 bits per heavy atom. The van der Waals surface area contributed by atoms with Crippen LogP contribution in [0.2, 0.25) is 0 Å². The second-order valence-corrected chi connectivity index (χ2v) is 6.23. The average molecular weight is 468 g/mol. The number of furan rings is 1. The fourth-order valence-corrected chi connectivity index (χ4v) is 2.54. The van der Waals surface area contributed by atoms with Crippen molar-refractivity contribution in [3.05, 3.63) is 53.6 Å². The number of rotatable bonds is 6. The number of aliphatic imine (C=N–C) groups is 1. The van der Waals surface area contributed by atoms with Gasteiger partial charge in [0.1, 0.15) is 11.3 Å². The molecule has 0 bridgehead atoms. The van der Waals surface area contributed by atoms with Crippen LogP contribution in [0.25, 0.3) is 11.0 Å². The van der Waals surface area contributed by atoms with Gasteiger partial charge < -0.3 is 19.6 Å². The first-order valence-electron chi connectivity index (χ1n) is 8.53. The summed E-state index contributed by atoms with van der Waals surface area (Å²) in [5, 5.41) is 11.7. The zero-order valence-corrected chi connectivity index (χ0v) is 17.6. The first kappa shape index (κ1) is 20.3. The van der Waals surface area contributed by atoms with E-state index >= 15 is 0 Å². The summed E-state index contributed by atoms with van der Waals surface area (Å²) in [5.74, 6) is 2.84. The predicted molar refractivity (Wildman–Crippen MR) is 114 cm³/mol. The minimum Gasteiger partial charge on any atom is -0.461 e. The van der Waals surface area contributed by atoms with Gasteiger partial charge in [0.2, 0.25) is 0 Å². The van der Waals surface area contributed by atoms with E-state index < -0.39 is 0 Å². The maximum Gasteiger partial charge on any atom is 0.191 e. The molecule has 2 N–H and O–H groups in total. The third-order valence-electron chi connectivity index (χ3n) is 3.96. The van der Waals surface area contributed by atoms with E-state index in [4.69, 9.17) is 8.94 Å². The Hall–Kier alpha value is -2.03. The molecule has 0 atom stereocenters. The average Bonchev–Trinajstić information content (AvgIpc) is 3.24. The van der Waals surface area contributed by atoms with Crippen LogP contribution in [0.1, 0.15) is 37.0 Å².